The molecule has 7 heteroatoms. The second-order valence-corrected chi connectivity index (χ2v) is 6.46. The molecule has 0 bridgehead atoms. The van der Waals surface area contributed by atoms with E-state index in [0.717, 1.165) is 5.56 Å². The van der Waals surface area contributed by atoms with Gasteiger partial charge in [-0.1, -0.05) is 41.9 Å². The third-order valence-corrected chi connectivity index (χ3v) is 4.32. The molecule has 1 N–H and O–H groups in total. The van der Waals surface area contributed by atoms with Gasteiger partial charge in [0, 0.05) is 6.54 Å². The number of nitrogens with one attached hydrogen (secondary N) is 1. The molecule has 1 heterocycles. The molecule has 1 aliphatic heterocycles. The lowest BCUT2D eigenvalue weighted by molar-refractivity contribution is -0.129. The molecule has 0 aromatic heterocycles. The predicted octanol–water partition coefficient (Wildman–Crippen LogP) is 3.02. The fraction of sp³-hybridized carbons (Fsp3) is 0.300. The van der Waals surface area contributed by atoms with Gasteiger partial charge in [0.25, 0.3) is 5.91 Å². The Morgan fingerprint density at radius 3 is 2.70 bits per heavy atom. The molecule has 0 saturated carbocycles. The van der Waals surface area contributed by atoms with Gasteiger partial charge in [-0.3, -0.25) is 4.79 Å². The van der Waals surface area contributed by atoms with Gasteiger partial charge in [0.1, 0.15) is 13.2 Å². The number of amides is 1. The molecule has 0 fully saturated rings. The van der Waals surface area contributed by atoms with Crippen LogP contribution in [0.1, 0.15) is 22.8 Å². The quantitative estimate of drug-likeness (QED) is 0.769. The standard InChI is InChI=1S/C20H20ClNO5/c1-13(19(23)22-8-7-14-5-3-2-4-6-14)27-20(24)15-11-16(21)18-17(12-15)25-9-10-26-18/h2-6,11-13H,7-10H2,1H3,(H,22,23)/t13-/m1/s1. The van der Waals surface area contributed by atoms with Gasteiger partial charge >= 0.3 is 5.97 Å². The fourth-order valence-corrected chi connectivity index (χ4v) is 2.89. The largest absolute Gasteiger partial charge is 0.486 e. The van der Waals surface area contributed by atoms with E-state index in [1.807, 2.05) is 30.3 Å². The molecule has 2 aromatic rings. The molecule has 27 heavy (non-hydrogen) atoms. The molecule has 0 aliphatic carbocycles. The van der Waals surface area contributed by atoms with E-state index >= 15 is 0 Å². The number of benzene rings is 2. The predicted molar refractivity (Wildman–Crippen MR) is 100 cm³/mol. The van der Waals surface area contributed by atoms with Gasteiger partial charge in [0.05, 0.1) is 10.6 Å². The maximum absolute atomic E-state index is 12.3. The molecule has 1 amide bonds. The molecule has 0 spiro atoms. The second-order valence-electron chi connectivity index (χ2n) is 6.06. The summed E-state index contributed by atoms with van der Waals surface area (Å²) in [4.78, 5) is 24.5. The summed E-state index contributed by atoms with van der Waals surface area (Å²) in [5.41, 5.74) is 1.32. The van der Waals surface area contributed by atoms with Gasteiger partial charge in [0.2, 0.25) is 0 Å². The molecule has 0 radical (unpaired) electrons. The van der Waals surface area contributed by atoms with Gasteiger partial charge in [-0.15, -0.1) is 0 Å². The normalized spacial score (nSPS) is 13.6. The van der Waals surface area contributed by atoms with Crippen LogP contribution in [0.4, 0.5) is 0 Å². The first kappa shape index (κ1) is 19.0. The Kier molecular flexibility index (Phi) is 6.19. The topological polar surface area (TPSA) is 73.9 Å². The molecule has 1 aliphatic rings. The van der Waals surface area contributed by atoms with Crippen molar-refractivity contribution >= 4 is 23.5 Å². The number of hydrogen-bond donors (Lipinski definition) is 1. The van der Waals surface area contributed by atoms with Crippen molar-refractivity contribution in [2.75, 3.05) is 19.8 Å². The zero-order chi connectivity index (χ0) is 19.2. The van der Waals surface area contributed by atoms with Crippen LogP contribution in [-0.2, 0) is 16.0 Å². The highest BCUT2D eigenvalue weighted by molar-refractivity contribution is 6.32. The minimum Gasteiger partial charge on any atom is -0.486 e. The Balaban J connectivity index is 1.54. The lowest BCUT2D eigenvalue weighted by Crippen LogP contribution is -2.36. The minimum absolute atomic E-state index is 0.202. The minimum atomic E-state index is -0.930. The number of hydrogen-bond acceptors (Lipinski definition) is 5. The maximum Gasteiger partial charge on any atom is 0.339 e. The average molecular weight is 390 g/mol. The summed E-state index contributed by atoms with van der Waals surface area (Å²) in [6.07, 6.45) is -0.231. The van der Waals surface area contributed by atoms with Gasteiger partial charge < -0.3 is 19.5 Å². The smallest absolute Gasteiger partial charge is 0.339 e. The van der Waals surface area contributed by atoms with Crippen LogP contribution in [0, 0.1) is 0 Å². The third-order valence-electron chi connectivity index (χ3n) is 4.04. The molecule has 2 aromatic carbocycles. The van der Waals surface area contributed by atoms with E-state index in [9.17, 15) is 9.59 Å². The van der Waals surface area contributed by atoms with Crippen molar-refractivity contribution in [3.05, 3.63) is 58.6 Å². The molecule has 0 unspecified atom stereocenters. The summed E-state index contributed by atoms with van der Waals surface area (Å²) in [6.45, 7) is 2.76. The van der Waals surface area contributed by atoms with Crippen LogP contribution in [0.2, 0.25) is 5.02 Å². The van der Waals surface area contributed by atoms with Crippen LogP contribution in [0.5, 0.6) is 11.5 Å². The molecule has 6 nitrogen and oxygen atoms in total. The molecule has 3 rings (SSSR count). The molecule has 142 valence electrons. The van der Waals surface area contributed by atoms with Crippen molar-refractivity contribution in [2.24, 2.45) is 0 Å². The summed E-state index contributed by atoms with van der Waals surface area (Å²) in [7, 11) is 0. The first-order valence-electron chi connectivity index (χ1n) is 8.66. The van der Waals surface area contributed by atoms with Crippen LogP contribution >= 0.6 is 11.6 Å². The van der Waals surface area contributed by atoms with Crippen LogP contribution in [0.15, 0.2) is 42.5 Å². The summed E-state index contributed by atoms with van der Waals surface area (Å²) in [6, 6.07) is 12.7. The molecule has 0 saturated heterocycles. The summed E-state index contributed by atoms with van der Waals surface area (Å²) in [5.74, 6) is -0.214. The number of rotatable bonds is 6. The zero-order valence-corrected chi connectivity index (χ0v) is 15.6. The van der Waals surface area contributed by atoms with E-state index in [0.29, 0.717) is 37.7 Å². The Morgan fingerprint density at radius 2 is 1.93 bits per heavy atom. The van der Waals surface area contributed by atoms with E-state index in [2.05, 4.69) is 5.32 Å². The van der Waals surface area contributed by atoms with Crippen LogP contribution in [-0.4, -0.2) is 37.7 Å². The van der Waals surface area contributed by atoms with Crippen molar-refractivity contribution in [3.8, 4) is 11.5 Å². The van der Waals surface area contributed by atoms with Gasteiger partial charge in [-0.05, 0) is 31.0 Å². The van der Waals surface area contributed by atoms with Crippen LogP contribution in [0.25, 0.3) is 0 Å². The van der Waals surface area contributed by atoms with E-state index in [1.54, 1.807) is 0 Å². The van der Waals surface area contributed by atoms with E-state index in [4.69, 9.17) is 25.8 Å². The number of esters is 1. The van der Waals surface area contributed by atoms with E-state index in [1.165, 1.54) is 19.1 Å². The van der Waals surface area contributed by atoms with Crippen molar-refractivity contribution in [1.29, 1.82) is 0 Å². The van der Waals surface area contributed by atoms with Crippen LogP contribution < -0.4 is 14.8 Å². The summed E-state index contributed by atoms with van der Waals surface area (Å²) < 4.78 is 16.1. The van der Waals surface area contributed by atoms with Crippen molar-refractivity contribution in [2.45, 2.75) is 19.4 Å². The molecular weight excluding hydrogens is 370 g/mol. The molecular formula is C20H20ClNO5. The Hall–Kier alpha value is -2.73. The lowest BCUT2D eigenvalue weighted by atomic mass is 10.1. The number of halogens is 1. The Morgan fingerprint density at radius 1 is 1.19 bits per heavy atom. The number of fused-ring (bicyclic) bond motifs is 1. The van der Waals surface area contributed by atoms with Crippen LogP contribution in [0.3, 0.4) is 0 Å². The number of carbonyl (C=O) groups excluding carboxylic acids is 2. The summed E-state index contributed by atoms with van der Waals surface area (Å²) in [5, 5.41) is 3.03. The van der Waals surface area contributed by atoms with Gasteiger partial charge in [-0.2, -0.15) is 0 Å². The number of carbonyl (C=O) groups is 2. The first-order valence-corrected chi connectivity index (χ1v) is 9.04. The highest BCUT2D eigenvalue weighted by Crippen LogP contribution is 2.38. The lowest BCUT2D eigenvalue weighted by Gasteiger charge is -2.20. The van der Waals surface area contributed by atoms with Gasteiger partial charge in [0.15, 0.2) is 17.6 Å². The monoisotopic (exact) mass is 389 g/mol. The van der Waals surface area contributed by atoms with E-state index < -0.39 is 12.1 Å². The van der Waals surface area contributed by atoms with E-state index in [-0.39, 0.29) is 16.5 Å². The fourth-order valence-electron chi connectivity index (χ4n) is 2.63. The second kappa shape index (κ2) is 8.77. The molecule has 1 atom stereocenters. The summed E-state index contributed by atoms with van der Waals surface area (Å²) >= 11 is 6.13. The zero-order valence-electron chi connectivity index (χ0n) is 14.9. The highest BCUT2D eigenvalue weighted by atomic mass is 35.5. The Labute approximate surface area is 162 Å². The third kappa shape index (κ3) is 4.92. The van der Waals surface area contributed by atoms with Crippen molar-refractivity contribution < 1.29 is 23.8 Å². The Bertz CT molecular complexity index is 825. The van der Waals surface area contributed by atoms with Gasteiger partial charge in [-0.25, -0.2) is 4.79 Å². The first-order chi connectivity index (χ1) is 13.0. The van der Waals surface area contributed by atoms with Crippen molar-refractivity contribution in [1.82, 2.24) is 5.32 Å². The SMILES string of the molecule is C[C@@H](OC(=O)c1cc(Cl)c2c(c1)OCCO2)C(=O)NCCc1ccccc1. The average Bonchev–Trinajstić information content (AvgIpc) is 2.68. The van der Waals surface area contributed by atoms with Crippen molar-refractivity contribution in [3.63, 3.8) is 0 Å². The number of ether oxygens (including phenoxy) is 3. The maximum atomic E-state index is 12.3. The highest BCUT2D eigenvalue weighted by Gasteiger charge is 2.23.